The molecule has 0 spiro atoms. The lowest BCUT2D eigenvalue weighted by molar-refractivity contribution is 0.631. The zero-order valence-corrected chi connectivity index (χ0v) is 10.2. The number of para-hydroxylation sites is 1. The molecule has 0 atom stereocenters. The van der Waals surface area contributed by atoms with Gasteiger partial charge >= 0.3 is 0 Å². The largest absolute Gasteiger partial charge is 0.396 e. The van der Waals surface area contributed by atoms with Gasteiger partial charge in [-0.1, -0.05) is 40.2 Å². The molecule has 0 aliphatic heterocycles. The molecule has 0 aliphatic rings. The highest BCUT2D eigenvalue weighted by Crippen LogP contribution is 2.20. The average molecular weight is 280 g/mol. The molecule has 0 saturated heterocycles. The van der Waals surface area contributed by atoms with Gasteiger partial charge in [0.15, 0.2) is 0 Å². The highest BCUT2D eigenvalue weighted by Gasteiger charge is 2.04. The Kier molecular flexibility index (Phi) is 3.25. The number of anilines is 1. The molecule has 0 radical (unpaired) electrons. The van der Waals surface area contributed by atoms with E-state index < -0.39 is 0 Å². The summed E-state index contributed by atoms with van der Waals surface area (Å²) in [5.41, 5.74) is 7.85. The van der Waals surface area contributed by atoms with Crippen LogP contribution in [0.15, 0.2) is 46.9 Å². The summed E-state index contributed by atoms with van der Waals surface area (Å²) in [6.07, 6.45) is 0.650. The number of benzene rings is 2. The van der Waals surface area contributed by atoms with Gasteiger partial charge in [0.1, 0.15) is 5.82 Å². The van der Waals surface area contributed by atoms with Crippen LogP contribution in [0.1, 0.15) is 11.1 Å². The molecule has 0 aromatic heterocycles. The SMILES string of the molecule is Nc1c(F)cccc1Cc1ccc(Br)cc1. The molecule has 1 nitrogen and oxygen atoms in total. The summed E-state index contributed by atoms with van der Waals surface area (Å²) in [5.74, 6) is -0.352. The molecule has 2 rings (SSSR count). The number of nitrogens with two attached hydrogens (primary N) is 1. The Balaban J connectivity index is 2.27. The van der Waals surface area contributed by atoms with Crippen molar-refractivity contribution in [1.82, 2.24) is 0 Å². The molecule has 0 unspecified atom stereocenters. The normalized spacial score (nSPS) is 10.4. The van der Waals surface area contributed by atoms with E-state index >= 15 is 0 Å². The summed E-state index contributed by atoms with van der Waals surface area (Å²) < 4.78 is 14.2. The van der Waals surface area contributed by atoms with Crippen molar-refractivity contribution < 1.29 is 4.39 Å². The topological polar surface area (TPSA) is 26.0 Å². The molecule has 0 saturated carbocycles. The van der Waals surface area contributed by atoms with E-state index in [1.54, 1.807) is 6.07 Å². The molecule has 0 amide bonds. The smallest absolute Gasteiger partial charge is 0.146 e. The molecule has 0 fully saturated rings. The van der Waals surface area contributed by atoms with Crippen LogP contribution in [0.2, 0.25) is 0 Å². The van der Waals surface area contributed by atoms with Gasteiger partial charge in [0.2, 0.25) is 0 Å². The third-order valence-corrected chi connectivity index (χ3v) is 2.98. The van der Waals surface area contributed by atoms with E-state index in [0.29, 0.717) is 6.42 Å². The molecular formula is C13H11BrFN. The Morgan fingerprint density at radius 1 is 1.06 bits per heavy atom. The first-order valence-electron chi connectivity index (χ1n) is 4.94. The monoisotopic (exact) mass is 279 g/mol. The Morgan fingerprint density at radius 2 is 1.75 bits per heavy atom. The van der Waals surface area contributed by atoms with Crippen molar-refractivity contribution >= 4 is 21.6 Å². The van der Waals surface area contributed by atoms with Crippen LogP contribution in [0.4, 0.5) is 10.1 Å². The first-order valence-corrected chi connectivity index (χ1v) is 5.73. The zero-order chi connectivity index (χ0) is 11.5. The van der Waals surface area contributed by atoms with Gasteiger partial charge in [0, 0.05) is 4.47 Å². The highest BCUT2D eigenvalue weighted by atomic mass is 79.9. The zero-order valence-electron chi connectivity index (χ0n) is 8.58. The van der Waals surface area contributed by atoms with Crippen LogP contribution < -0.4 is 5.73 Å². The van der Waals surface area contributed by atoms with E-state index in [1.807, 2.05) is 30.3 Å². The van der Waals surface area contributed by atoms with Crippen molar-refractivity contribution in [3.63, 3.8) is 0 Å². The van der Waals surface area contributed by atoms with Crippen molar-refractivity contribution in [2.45, 2.75) is 6.42 Å². The second-order valence-corrected chi connectivity index (χ2v) is 4.53. The minimum atomic E-state index is -0.352. The Morgan fingerprint density at radius 3 is 2.44 bits per heavy atom. The molecule has 82 valence electrons. The molecule has 3 heteroatoms. The lowest BCUT2D eigenvalue weighted by Gasteiger charge is -2.06. The van der Waals surface area contributed by atoms with Crippen molar-refractivity contribution in [3.05, 3.63) is 63.9 Å². The predicted molar refractivity (Wildman–Crippen MR) is 67.8 cm³/mol. The van der Waals surface area contributed by atoms with Crippen molar-refractivity contribution in [2.24, 2.45) is 0 Å². The second kappa shape index (κ2) is 4.66. The van der Waals surface area contributed by atoms with E-state index in [9.17, 15) is 4.39 Å². The van der Waals surface area contributed by atoms with Crippen LogP contribution in [0.25, 0.3) is 0 Å². The van der Waals surface area contributed by atoms with Gasteiger partial charge in [-0.25, -0.2) is 4.39 Å². The third-order valence-electron chi connectivity index (χ3n) is 2.45. The fourth-order valence-corrected chi connectivity index (χ4v) is 1.82. The van der Waals surface area contributed by atoms with Gasteiger partial charge in [-0.15, -0.1) is 0 Å². The number of hydrogen-bond acceptors (Lipinski definition) is 1. The number of rotatable bonds is 2. The van der Waals surface area contributed by atoms with Gasteiger partial charge < -0.3 is 5.73 Å². The van der Waals surface area contributed by atoms with E-state index in [2.05, 4.69) is 15.9 Å². The number of nitrogen functional groups attached to an aromatic ring is 1. The summed E-state index contributed by atoms with van der Waals surface area (Å²) in [5, 5.41) is 0. The van der Waals surface area contributed by atoms with Crippen LogP contribution in [-0.4, -0.2) is 0 Å². The summed E-state index contributed by atoms with van der Waals surface area (Å²) in [6, 6.07) is 12.8. The van der Waals surface area contributed by atoms with Crippen LogP contribution in [0.5, 0.6) is 0 Å². The second-order valence-electron chi connectivity index (χ2n) is 3.62. The fourth-order valence-electron chi connectivity index (χ4n) is 1.56. The van der Waals surface area contributed by atoms with Crippen LogP contribution in [0.3, 0.4) is 0 Å². The van der Waals surface area contributed by atoms with Crippen molar-refractivity contribution in [3.8, 4) is 0 Å². The molecule has 2 N–H and O–H groups in total. The van der Waals surface area contributed by atoms with E-state index in [0.717, 1.165) is 15.6 Å². The molecule has 16 heavy (non-hydrogen) atoms. The maximum absolute atomic E-state index is 13.2. The Labute approximate surface area is 102 Å². The minimum absolute atomic E-state index is 0.241. The highest BCUT2D eigenvalue weighted by molar-refractivity contribution is 9.10. The number of hydrogen-bond donors (Lipinski definition) is 1. The van der Waals surface area contributed by atoms with Gasteiger partial charge in [-0.2, -0.15) is 0 Å². The summed E-state index contributed by atoms with van der Waals surface area (Å²) in [6.45, 7) is 0. The average Bonchev–Trinajstić information content (AvgIpc) is 2.28. The molecule has 0 heterocycles. The standard InChI is InChI=1S/C13H11BrFN/c14-11-6-4-9(5-7-11)8-10-2-1-3-12(15)13(10)16/h1-7H,8,16H2. The first kappa shape index (κ1) is 11.1. The van der Waals surface area contributed by atoms with Gasteiger partial charge in [0.25, 0.3) is 0 Å². The summed E-state index contributed by atoms with van der Waals surface area (Å²) in [4.78, 5) is 0. The van der Waals surface area contributed by atoms with Crippen LogP contribution in [0, 0.1) is 5.82 Å². The lowest BCUT2D eigenvalue weighted by Crippen LogP contribution is -1.98. The van der Waals surface area contributed by atoms with E-state index in [-0.39, 0.29) is 11.5 Å². The first-order chi connectivity index (χ1) is 7.66. The minimum Gasteiger partial charge on any atom is -0.396 e. The Hall–Kier alpha value is -1.35. The van der Waals surface area contributed by atoms with Gasteiger partial charge in [-0.05, 0) is 35.7 Å². The molecule has 0 aliphatic carbocycles. The van der Waals surface area contributed by atoms with Gasteiger partial charge in [0.05, 0.1) is 5.69 Å². The lowest BCUT2D eigenvalue weighted by atomic mass is 10.0. The summed E-state index contributed by atoms with van der Waals surface area (Å²) in [7, 11) is 0. The third kappa shape index (κ3) is 2.42. The van der Waals surface area contributed by atoms with Gasteiger partial charge in [-0.3, -0.25) is 0 Å². The Bertz CT molecular complexity index is 494. The maximum Gasteiger partial charge on any atom is 0.146 e. The molecule has 2 aromatic rings. The molecule has 0 bridgehead atoms. The predicted octanol–water partition coefficient (Wildman–Crippen LogP) is 3.76. The fraction of sp³-hybridized carbons (Fsp3) is 0.0769. The molecular weight excluding hydrogens is 269 g/mol. The van der Waals surface area contributed by atoms with E-state index in [1.165, 1.54) is 6.07 Å². The quantitative estimate of drug-likeness (QED) is 0.833. The van der Waals surface area contributed by atoms with Crippen LogP contribution in [-0.2, 0) is 6.42 Å². The van der Waals surface area contributed by atoms with Crippen LogP contribution >= 0.6 is 15.9 Å². The molecule has 2 aromatic carbocycles. The summed E-state index contributed by atoms with van der Waals surface area (Å²) >= 11 is 3.37. The van der Waals surface area contributed by atoms with E-state index in [4.69, 9.17) is 5.73 Å². The van der Waals surface area contributed by atoms with Crippen molar-refractivity contribution in [1.29, 1.82) is 0 Å². The maximum atomic E-state index is 13.2. The number of halogens is 2. The van der Waals surface area contributed by atoms with Crippen molar-refractivity contribution in [2.75, 3.05) is 5.73 Å².